The molecule has 5 heteroatoms. The molecule has 24 heavy (non-hydrogen) atoms. The van der Waals surface area contributed by atoms with E-state index in [1.54, 1.807) is 0 Å². The van der Waals surface area contributed by atoms with Crippen molar-refractivity contribution in [2.45, 2.75) is 52.9 Å². The fourth-order valence-electron chi connectivity index (χ4n) is 2.23. The van der Waals surface area contributed by atoms with E-state index in [0.29, 0.717) is 25.3 Å². The summed E-state index contributed by atoms with van der Waals surface area (Å²) in [7, 11) is 0. The van der Waals surface area contributed by atoms with Crippen LogP contribution in [0.2, 0.25) is 0 Å². The second-order valence-corrected chi connectivity index (χ2v) is 6.78. The summed E-state index contributed by atoms with van der Waals surface area (Å²) in [4.78, 5) is 16.6. The fraction of sp³-hybridized carbons (Fsp3) is 0.474. The Bertz CT molecular complexity index is 682. The maximum atomic E-state index is 12.1. The normalized spacial score (nSPS) is 11.4. The molecule has 0 saturated heterocycles. The monoisotopic (exact) mass is 330 g/mol. The molecule has 0 aliphatic rings. The minimum absolute atomic E-state index is 0.0488. The molecule has 0 saturated carbocycles. The van der Waals surface area contributed by atoms with Crippen molar-refractivity contribution in [2.75, 3.05) is 11.9 Å². The maximum absolute atomic E-state index is 12.1. The van der Waals surface area contributed by atoms with Crippen LogP contribution in [0, 0.1) is 6.92 Å². The Morgan fingerprint density at radius 3 is 2.46 bits per heavy atom. The van der Waals surface area contributed by atoms with Crippen LogP contribution in [-0.2, 0) is 16.6 Å². The number of hydrogen-bond donors (Lipinski definition) is 1. The molecule has 0 bridgehead atoms. The SMILES string of the molecule is CCOc1ccc(NC(=O)CCc2oc(C(C)(C)C)nc2C)cc1. The van der Waals surface area contributed by atoms with E-state index in [1.807, 2.05) is 38.1 Å². The first-order chi connectivity index (χ1) is 11.3. The van der Waals surface area contributed by atoms with Crippen LogP contribution >= 0.6 is 0 Å². The van der Waals surface area contributed by atoms with Gasteiger partial charge in [0.2, 0.25) is 5.91 Å². The van der Waals surface area contributed by atoms with Crippen molar-refractivity contribution >= 4 is 11.6 Å². The summed E-state index contributed by atoms with van der Waals surface area (Å²) < 4.78 is 11.2. The third-order valence-electron chi connectivity index (χ3n) is 3.56. The summed E-state index contributed by atoms with van der Waals surface area (Å²) in [6, 6.07) is 7.35. The summed E-state index contributed by atoms with van der Waals surface area (Å²) in [5, 5.41) is 2.88. The molecule has 5 nitrogen and oxygen atoms in total. The smallest absolute Gasteiger partial charge is 0.224 e. The number of carbonyl (C=O) groups is 1. The first-order valence-electron chi connectivity index (χ1n) is 8.29. The van der Waals surface area contributed by atoms with Crippen molar-refractivity contribution in [3.8, 4) is 5.75 Å². The Labute approximate surface area is 143 Å². The highest BCUT2D eigenvalue weighted by molar-refractivity contribution is 5.90. The average Bonchev–Trinajstić information content (AvgIpc) is 2.89. The number of nitrogens with one attached hydrogen (secondary N) is 1. The third-order valence-corrected chi connectivity index (χ3v) is 3.56. The topological polar surface area (TPSA) is 64.4 Å². The fourth-order valence-corrected chi connectivity index (χ4v) is 2.23. The van der Waals surface area contributed by atoms with E-state index in [0.717, 1.165) is 22.9 Å². The zero-order chi connectivity index (χ0) is 17.7. The van der Waals surface area contributed by atoms with Gasteiger partial charge in [-0.25, -0.2) is 4.98 Å². The summed E-state index contributed by atoms with van der Waals surface area (Å²) in [6.45, 7) is 10.6. The number of benzene rings is 1. The lowest BCUT2D eigenvalue weighted by molar-refractivity contribution is -0.116. The second-order valence-electron chi connectivity index (χ2n) is 6.78. The lowest BCUT2D eigenvalue weighted by atomic mass is 9.97. The molecule has 0 atom stereocenters. The molecule has 130 valence electrons. The van der Waals surface area contributed by atoms with Gasteiger partial charge in [0.05, 0.1) is 12.3 Å². The van der Waals surface area contributed by atoms with E-state index >= 15 is 0 Å². The van der Waals surface area contributed by atoms with Gasteiger partial charge in [-0.3, -0.25) is 4.79 Å². The molecule has 0 unspecified atom stereocenters. The molecule has 1 heterocycles. The number of aryl methyl sites for hydroxylation is 2. The van der Waals surface area contributed by atoms with Crippen LogP contribution in [0.1, 0.15) is 51.5 Å². The van der Waals surface area contributed by atoms with Crippen molar-refractivity contribution in [2.24, 2.45) is 0 Å². The van der Waals surface area contributed by atoms with Crippen LogP contribution in [0.5, 0.6) is 5.75 Å². The van der Waals surface area contributed by atoms with Crippen LogP contribution in [0.25, 0.3) is 0 Å². The van der Waals surface area contributed by atoms with Gasteiger partial charge < -0.3 is 14.5 Å². The molecule has 1 N–H and O–H groups in total. The molecular formula is C19H26N2O3. The summed E-state index contributed by atoms with van der Waals surface area (Å²) in [6.07, 6.45) is 0.893. The number of carbonyl (C=O) groups excluding carboxylic acids is 1. The van der Waals surface area contributed by atoms with Crippen molar-refractivity contribution in [1.29, 1.82) is 0 Å². The van der Waals surface area contributed by atoms with Gasteiger partial charge in [-0.1, -0.05) is 20.8 Å². The molecule has 2 aromatic rings. The molecule has 1 aromatic carbocycles. The van der Waals surface area contributed by atoms with Crippen molar-refractivity contribution in [3.63, 3.8) is 0 Å². The number of oxazole rings is 1. The predicted octanol–water partition coefficient (Wildman–Crippen LogP) is 4.25. The second kappa shape index (κ2) is 7.51. The van der Waals surface area contributed by atoms with Gasteiger partial charge in [0.25, 0.3) is 0 Å². The number of anilines is 1. The number of aromatic nitrogens is 1. The molecule has 1 amide bonds. The standard InChI is InChI=1S/C19H26N2O3/c1-6-23-15-9-7-14(8-10-15)21-17(22)12-11-16-13(2)20-18(24-16)19(3,4)5/h7-10H,6,11-12H2,1-5H3,(H,21,22). The summed E-state index contributed by atoms with van der Waals surface area (Å²) >= 11 is 0. The Kier molecular flexibility index (Phi) is 5.65. The first-order valence-corrected chi connectivity index (χ1v) is 8.29. The number of nitrogens with zero attached hydrogens (tertiary/aromatic N) is 1. The number of hydrogen-bond acceptors (Lipinski definition) is 4. The van der Waals surface area contributed by atoms with Gasteiger partial charge in [-0.05, 0) is 38.1 Å². The molecule has 2 rings (SSSR count). The Morgan fingerprint density at radius 1 is 1.25 bits per heavy atom. The molecule has 0 spiro atoms. The molecule has 0 fully saturated rings. The van der Waals surface area contributed by atoms with Crippen molar-refractivity contribution in [1.82, 2.24) is 4.98 Å². The highest BCUT2D eigenvalue weighted by Gasteiger charge is 2.22. The van der Waals surface area contributed by atoms with E-state index in [1.165, 1.54) is 0 Å². The van der Waals surface area contributed by atoms with Crippen LogP contribution in [0.4, 0.5) is 5.69 Å². The summed E-state index contributed by atoms with van der Waals surface area (Å²) in [5.41, 5.74) is 1.48. The average molecular weight is 330 g/mol. The maximum Gasteiger partial charge on any atom is 0.224 e. The highest BCUT2D eigenvalue weighted by Crippen LogP contribution is 2.24. The lowest BCUT2D eigenvalue weighted by Crippen LogP contribution is -2.12. The van der Waals surface area contributed by atoms with Crippen molar-refractivity contribution in [3.05, 3.63) is 41.6 Å². The summed E-state index contributed by atoms with van der Waals surface area (Å²) in [5.74, 6) is 2.23. The molecule has 0 radical (unpaired) electrons. The van der Waals surface area contributed by atoms with Gasteiger partial charge in [0.15, 0.2) is 5.89 Å². The molecule has 1 aromatic heterocycles. The predicted molar refractivity (Wildman–Crippen MR) is 94.5 cm³/mol. The van der Waals surface area contributed by atoms with E-state index in [9.17, 15) is 4.79 Å². The minimum Gasteiger partial charge on any atom is -0.494 e. The van der Waals surface area contributed by atoms with E-state index in [-0.39, 0.29) is 11.3 Å². The Hall–Kier alpha value is -2.30. The third kappa shape index (κ3) is 4.85. The Morgan fingerprint density at radius 2 is 1.92 bits per heavy atom. The molecule has 0 aliphatic heterocycles. The molecule has 0 aliphatic carbocycles. The van der Waals surface area contributed by atoms with Gasteiger partial charge in [-0.2, -0.15) is 0 Å². The first kappa shape index (κ1) is 18.0. The highest BCUT2D eigenvalue weighted by atomic mass is 16.5. The van der Waals surface area contributed by atoms with Crippen LogP contribution in [-0.4, -0.2) is 17.5 Å². The van der Waals surface area contributed by atoms with Crippen LogP contribution in [0.15, 0.2) is 28.7 Å². The largest absolute Gasteiger partial charge is 0.494 e. The zero-order valence-electron chi connectivity index (χ0n) is 15.1. The van der Waals surface area contributed by atoms with Gasteiger partial charge in [0.1, 0.15) is 11.5 Å². The lowest BCUT2D eigenvalue weighted by Gasteiger charge is -2.12. The van der Waals surface area contributed by atoms with E-state index in [4.69, 9.17) is 9.15 Å². The number of ether oxygens (including phenoxy) is 1. The number of amides is 1. The Balaban J connectivity index is 1.90. The number of rotatable bonds is 6. The van der Waals surface area contributed by atoms with E-state index < -0.39 is 0 Å². The van der Waals surface area contributed by atoms with Crippen LogP contribution < -0.4 is 10.1 Å². The minimum atomic E-state index is -0.131. The van der Waals surface area contributed by atoms with Crippen molar-refractivity contribution < 1.29 is 13.9 Å². The van der Waals surface area contributed by atoms with Gasteiger partial charge in [0, 0.05) is 23.9 Å². The molecular weight excluding hydrogens is 304 g/mol. The van der Waals surface area contributed by atoms with E-state index in [2.05, 4.69) is 31.1 Å². The van der Waals surface area contributed by atoms with Crippen LogP contribution in [0.3, 0.4) is 0 Å². The zero-order valence-corrected chi connectivity index (χ0v) is 15.1. The van der Waals surface area contributed by atoms with Gasteiger partial charge >= 0.3 is 0 Å². The quantitative estimate of drug-likeness (QED) is 0.860. The van der Waals surface area contributed by atoms with Gasteiger partial charge in [-0.15, -0.1) is 0 Å².